The Morgan fingerprint density at radius 3 is 2.62 bits per heavy atom. The molecule has 3 aliphatic rings. The fraction of sp³-hybridized carbons (Fsp3) is 0.450. The number of rotatable bonds is 3. The second-order valence-corrected chi connectivity index (χ2v) is 8.75. The predicted octanol–water partition coefficient (Wildman–Crippen LogP) is 0.937. The van der Waals surface area contributed by atoms with Crippen molar-refractivity contribution in [3.63, 3.8) is 0 Å². The van der Waals surface area contributed by atoms with Gasteiger partial charge < -0.3 is 14.9 Å². The standard InChI is InChI=1S/C20H21FN4O3S/c21-13-3-1-12(2-4-13)15-11-29-18(22-15)10-23-5-6-24-17(9-23)20(28)25-8-14(26)7-16(25)19(24)27/h1-4,11,14,16-17,26H,5-10H2/t14-,16+,17-/m1/s1. The van der Waals surface area contributed by atoms with Gasteiger partial charge in [-0.2, -0.15) is 0 Å². The molecular formula is C20H21FN4O3S. The molecule has 152 valence electrons. The monoisotopic (exact) mass is 416 g/mol. The molecule has 3 aliphatic heterocycles. The Bertz CT molecular complexity index is 949. The summed E-state index contributed by atoms with van der Waals surface area (Å²) in [7, 11) is 0. The van der Waals surface area contributed by atoms with Crippen molar-refractivity contribution in [3.8, 4) is 11.3 Å². The maximum Gasteiger partial charge on any atom is 0.247 e. The minimum absolute atomic E-state index is 0.0429. The number of nitrogens with zero attached hydrogens (tertiary/aromatic N) is 4. The van der Waals surface area contributed by atoms with Gasteiger partial charge in [-0.25, -0.2) is 9.37 Å². The quantitative estimate of drug-likeness (QED) is 0.806. The number of carbonyl (C=O) groups is 2. The third-order valence-corrected chi connectivity index (χ3v) is 6.76. The molecule has 3 atom stereocenters. The molecule has 1 N–H and O–H groups in total. The summed E-state index contributed by atoms with van der Waals surface area (Å²) in [5, 5.41) is 12.8. The van der Waals surface area contributed by atoms with Gasteiger partial charge in [0.25, 0.3) is 0 Å². The zero-order valence-electron chi connectivity index (χ0n) is 15.7. The number of benzene rings is 1. The van der Waals surface area contributed by atoms with E-state index in [4.69, 9.17) is 0 Å². The van der Waals surface area contributed by atoms with Crippen LogP contribution in [0.2, 0.25) is 0 Å². The van der Waals surface area contributed by atoms with Crippen molar-refractivity contribution in [2.75, 3.05) is 26.2 Å². The van der Waals surface area contributed by atoms with Gasteiger partial charge in [-0.05, 0) is 24.3 Å². The summed E-state index contributed by atoms with van der Waals surface area (Å²) in [4.78, 5) is 35.7. The number of aromatic nitrogens is 1. The normalized spacial score (nSPS) is 27.3. The second-order valence-electron chi connectivity index (χ2n) is 7.81. The molecule has 0 spiro atoms. The molecule has 9 heteroatoms. The number of aliphatic hydroxyl groups is 1. The minimum atomic E-state index is -0.620. The van der Waals surface area contributed by atoms with E-state index in [9.17, 15) is 19.1 Å². The number of thiazole rings is 1. The van der Waals surface area contributed by atoms with Crippen LogP contribution in [0.4, 0.5) is 4.39 Å². The van der Waals surface area contributed by atoms with E-state index in [1.165, 1.54) is 23.5 Å². The maximum atomic E-state index is 13.1. The Morgan fingerprint density at radius 2 is 1.83 bits per heavy atom. The lowest BCUT2D eigenvalue weighted by Crippen LogP contribution is -2.68. The van der Waals surface area contributed by atoms with Crippen LogP contribution in [0, 0.1) is 5.82 Å². The highest BCUT2D eigenvalue weighted by Crippen LogP contribution is 2.30. The molecule has 3 saturated heterocycles. The summed E-state index contributed by atoms with van der Waals surface area (Å²) >= 11 is 1.53. The largest absolute Gasteiger partial charge is 0.391 e. The van der Waals surface area contributed by atoms with Crippen molar-refractivity contribution in [2.24, 2.45) is 0 Å². The lowest BCUT2D eigenvalue weighted by Gasteiger charge is -2.47. The molecule has 3 fully saturated rings. The first-order chi connectivity index (χ1) is 14.0. The van der Waals surface area contributed by atoms with Crippen LogP contribution < -0.4 is 0 Å². The Hall–Kier alpha value is -2.36. The van der Waals surface area contributed by atoms with Crippen molar-refractivity contribution in [1.29, 1.82) is 0 Å². The third-order valence-electron chi connectivity index (χ3n) is 5.93. The van der Waals surface area contributed by atoms with Crippen molar-refractivity contribution in [1.82, 2.24) is 19.7 Å². The third kappa shape index (κ3) is 3.33. The topological polar surface area (TPSA) is 77.0 Å². The molecule has 1 aromatic heterocycles. The van der Waals surface area contributed by atoms with Gasteiger partial charge in [0.1, 0.15) is 22.9 Å². The molecule has 0 radical (unpaired) electrons. The van der Waals surface area contributed by atoms with Gasteiger partial charge >= 0.3 is 0 Å². The first-order valence-electron chi connectivity index (χ1n) is 9.71. The van der Waals surface area contributed by atoms with Gasteiger partial charge in [0, 0.05) is 43.5 Å². The number of hydrogen-bond donors (Lipinski definition) is 1. The van der Waals surface area contributed by atoms with Gasteiger partial charge in [0.05, 0.1) is 18.3 Å². The minimum Gasteiger partial charge on any atom is -0.391 e. The van der Waals surface area contributed by atoms with Crippen molar-refractivity contribution in [2.45, 2.75) is 31.2 Å². The Labute approximate surface area is 171 Å². The van der Waals surface area contributed by atoms with E-state index in [-0.39, 0.29) is 24.2 Å². The molecule has 29 heavy (non-hydrogen) atoms. The average Bonchev–Trinajstić information content (AvgIpc) is 3.33. The molecule has 0 saturated carbocycles. The average molecular weight is 416 g/mol. The highest BCUT2D eigenvalue weighted by molar-refractivity contribution is 7.09. The van der Waals surface area contributed by atoms with E-state index in [2.05, 4.69) is 9.88 Å². The molecule has 2 amide bonds. The van der Waals surface area contributed by atoms with E-state index >= 15 is 0 Å². The number of fused-ring (bicyclic) bond motifs is 2. The van der Waals surface area contributed by atoms with Gasteiger partial charge in [-0.15, -0.1) is 11.3 Å². The highest BCUT2D eigenvalue weighted by atomic mass is 32.1. The number of amides is 2. The zero-order valence-corrected chi connectivity index (χ0v) is 16.5. The molecule has 7 nitrogen and oxygen atoms in total. The maximum absolute atomic E-state index is 13.1. The lowest BCUT2D eigenvalue weighted by atomic mass is 10.0. The van der Waals surface area contributed by atoms with E-state index < -0.39 is 18.2 Å². The molecule has 5 rings (SSSR count). The van der Waals surface area contributed by atoms with Gasteiger partial charge in [-0.1, -0.05) is 0 Å². The summed E-state index contributed by atoms with van der Waals surface area (Å²) < 4.78 is 13.1. The van der Waals surface area contributed by atoms with Crippen LogP contribution in [0.5, 0.6) is 0 Å². The van der Waals surface area contributed by atoms with E-state index in [1.807, 2.05) is 5.38 Å². The van der Waals surface area contributed by atoms with Crippen LogP contribution in [-0.4, -0.2) is 81.0 Å². The lowest BCUT2D eigenvalue weighted by molar-refractivity contribution is -0.163. The Morgan fingerprint density at radius 1 is 1.07 bits per heavy atom. The SMILES string of the molecule is O=C1[C@@H]2C[C@@H](O)CN2C(=O)[C@H]2CN(Cc3nc(-c4ccc(F)cc4)cs3)CCN12. The summed E-state index contributed by atoms with van der Waals surface area (Å²) in [6.07, 6.45) is -0.284. The number of hydrogen-bond acceptors (Lipinski definition) is 6. The van der Waals surface area contributed by atoms with Crippen LogP contribution in [0.15, 0.2) is 29.6 Å². The fourth-order valence-electron chi connectivity index (χ4n) is 4.46. The van der Waals surface area contributed by atoms with E-state index in [1.54, 1.807) is 21.9 Å². The molecule has 0 bridgehead atoms. The molecule has 2 aromatic rings. The summed E-state index contributed by atoms with van der Waals surface area (Å²) in [6, 6.07) is 5.26. The molecule has 4 heterocycles. The van der Waals surface area contributed by atoms with Crippen molar-refractivity contribution < 1.29 is 19.1 Å². The van der Waals surface area contributed by atoms with Crippen LogP contribution in [0.1, 0.15) is 11.4 Å². The van der Waals surface area contributed by atoms with Crippen LogP contribution >= 0.6 is 11.3 Å². The van der Waals surface area contributed by atoms with Gasteiger partial charge in [0.2, 0.25) is 11.8 Å². The van der Waals surface area contributed by atoms with Gasteiger partial charge in [0.15, 0.2) is 0 Å². The predicted molar refractivity (Wildman–Crippen MR) is 104 cm³/mol. The van der Waals surface area contributed by atoms with Gasteiger partial charge in [-0.3, -0.25) is 14.5 Å². The zero-order chi connectivity index (χ0) is 20.1. The summed E-state index contributed by atoms with van der Waals surface area (Å²) in [5.41, 5.74) is 1.67. The smallest absolute Gasteiger partial charge is 0.247 e. The van der Waals surface area contributed by atoms with Crippen LogP contribution in [0.25, 0.3) is 11.3 Å². The molecule has 1 aromatic carbocycles. The Kier molecular flexibility index (Phi) is 4.60. The van der Waals surface area contributed by atoms with Crippen molar-refractivity contribution in [3.05, 3.63) is 40.5 Å². The highest BCUT2D eigenvalue weighted by Gasteiger charge is 2.51. The molecule has 0 unspecified atom stereocenters. The second kappa shape index (κ2) is 7.16. The molecular weight excluding hydrogens is 395 g/mol. The van der Waals surface area contributed by atoms with Crippen LogP contribution in [0.3, 0.4) is 0 Å². The Balaban J connectivity index is 1.28. The van der Waals surface area contributed by atoms with E-state index in [0.717, 1.165) is 16.3 Å². The van der Waals surface area contributed by atoms with Crippen LogP contribution in [-0.2, 0) is 16.1 Å². The number of piperazine rings is 2. The number of carbonyl (C=O) groups excluding carboxylic acids is 2. The molecule has 0 aliphatic carbocycles. The summed E-state index contributed by atoms with van der Waals surface area (Å²) in [6.45, 7) is 2.49. The number of halogens is 1. The van der Waals surface area contributed by atoms with E-state index in [0.29, 0.717) is 32.6 Å². The fourth-order valence-corrected chi connectivity index (χ4v) is 5.31. The first-order valence-corrected chi connectivity index (χ1v) is 10.6. The number of aliphatic hydroxyl groups excluding tert-OH is 1. The first kappa shape index (κ1) is 18.7. The van der Waals surface area contributed by atoms with Crippen molar-refractivity contribution >= 4 is 23.2 Å². The summed E-state index contributed by atoms with van der Waals surface area (Å²) in [5.74, 6) is -0.387.